The van der Waals surface area contributed by atoms with Gasteiger partial charge in [0.15, 0.2) is 11.6 Å². The molecule has 21 heavy (non-hydrogen) atoms. The van der Waals surface area contributed by atoms with Crippen LogP contribution in [0.3, 0.4) is 0 Å². The Labute approximate surface area is 122 Å². The van der Waals surface area contributed by atoms with E-state index in [1.54, 1.807) is 19.1 Å². The van der Waals surface area contributed by atoms with Gasteiger partial charge in [0.05, 0.1) is 18.5 Å². The van der Waals surface area contributed by atoms with E-state index in [9.17, 15) is 12.8 Å². The maximum absolute atomic E-state index is 13.3. The first-order valence-electron chi connectivity index (χ1n) is 6.06. The Morgan fingerprint density at radius 3 is 2.57 bits per heavy atom. The van der Waals surface area contributed by atoms with Crippen LogP contribution < -0.4 is 15.2 Å². The summed E-state index contributed by atoms with van der Waals surface area (Å²) in [6.07, 6.45) is 0. The Kier molecular flexibility index (Phi) is 4.04. The van der Waals surface area contributed by atoms with Gasteiger partial charge < -0.3 is 10.5 Å². The molecular formula is C14H15FN2O3S. The Bertz CT molecular complexity index is 756. The van der Waals surface area contributed by atoms with E-state index in [4.69, 9.17) is 10.5 Å². The fourth-order valence-electron chi connectivity index (χ4n) is 1.97. The average molecular weight is 310 g/mol. The number of nitrogens with two attached hydrogens (primary N) is 1. The van der Waals surface area contributed by atoms with Crippen molar-refractivity contribution in [2.75, 3.05) is 17.6 Å². The second kappa shape index (κ2) is 5.61. The number of rotatable bonds is 4. The summed E-state index contributed by atoms with van der Waals surface area (Å²) in [5.41, 5.74) is 6.60. The van der Waals surface area contributed by atoms with E-state index in [0.717, 1.165) is 6.07 Å². The van der Waals surface area contributed by atoms with Gasteiger partial charge in [-0.2, -0.15) is 0 Å². The molecule has 3 N–H and O–H groups in total. The quantitative estimate of drug-likeness (QED) is 0.850. The standard InChI is InChI=1S/C14H15FN2O3S/c1-9-4-3-5-12(16)14(9)21(18,19)17-10-6-7-11(15)13(8-10)20-2/h3-8,17H,16H2,1-2H3. The largest absolute Gasteiger partial charge is 0.494 e. The maximum atomic E-state index is 13.3. The van der Waals surface area contributed by atoms with Crippen LogP contribution in [0.25, 0.3) is 0 Å². The molecule has 0 spiro atoms. The predicted octanol–water partition coefficient (Wildman–Crippen LogP) is 2.53. The second-order valence-electron chi connectivity index (χ2n) is 4.45. The van der Waals surface area contributed by atoms with Crippen LogP contribution in [0.2, 0.25) is 0 Å². The van der Waals surface area contributed by atoms with Gasteiger partial charge in [-0.1, -0.05) is 12.1 Å². The average Bonchev–Trinajstić information content (AvgIpc) is 2.40. The first-order chi connectivity index (χ1) is 9.85. The van der Waals surface area contributed by atoms with Crippen molar-refractivity contribution < 1.29 is 17.5 Å². The summed E-state index contributed by atoms with van der Waals surface area (Å²) in [4.78, 5) is 0.00768. The third-order valence-corrected chi connectivity index (χ3v) is 4.51. The molecule has 0 aliphatic rings. The van der Waals surface area contributed by atoms with Gasteiger partial charge in [-0.05, 0) is 30.7 Å². The molecule has 0 saturated heterocycles. The number of benzene rings is 2. The highest BCUT2D eigenvalue weighted by Gasteiger charge is 2.20. The molecule has 5 nitrogen and oxygen atoms in total. The number of sulfonamides is 1. The monoisotopic (exact) mass is 310 g/mol. The molecule has 0 heterocycles. The molecule has 2 aromatic carbocycles. The highest BCUT2D eigenvalue weighted by Crippen LogP contribution is 2.27. The Morgan fingerprint density at radius 2 is 1.95 bits per heavy atom. The molecular weight excluding hydrogens is 295 g/mol. The summed E-state index contributed by atoms with van der Waals surface area (Å²) in [6, 6.07) is 8.52. The summed E-state index contributed by atoms with van der Waals surface area (Å²) in [7, 11) is -2.56. The number of halogens is 1. The van der Waals surface area contributed by atoms with Gasteiger partial charge in [-0.3, -0.25) is 4.72 Å². The topological polar surface area (TPSA) is 81.4 Å². The number of nitrogen functional groups attached to an aromatic ring is 1. The number of aryl methyl sites for hydroxylation is 1. The van der Waals surface area contributed by atoms with Crippen LogP contribution in [0.15, 0.2) is 41.3 Å². The van der Waals surface area contributed by atoms with Gasteiger partial charge in [0.1, 0.15) is 4.90 Å². The Balaban J connectivity index is 2.43. The highest BCUT2D eigenvalue weighted by atomic mass is 32.2. The van der Waals surface area contributed by atoms with Crippen LogP contribution in [0, 0.1) is 12.7 Å². The summed E-state index contributed by atoms with van der Waals surface area (Å²) in [5, 5.41) is 0. The summed E-state index contributed by atoms with van der Waals surface area (Å²) in [6.45, 7) is 1.65. The van der Waals surface area contributed by atoms with Gasteiger partial charge >= 0.3 is 0 Å². The van der Waals surface area contributed by atoms with Crippen molar-refractivity contribution in [2.45, 2.75) is 11.8 Å². The summed E-state index contributed by atoms with van der Waals surface area (Å²) >= 11 is 0. The van der Waals surface area contributed by atoms with Crippen LogP contribution >= 0.6 is 0 Å². The van der Waals surface area contributed by atoms with Crippen molar-refractivity contribution in [3.05, 3.63) is 47.8 Å². The third-order valence-electron chi connectivity index (χ3n) is 2.91. The molecule has 0 amide bonds. The SMILES string of the molecule is COc1cc(NS(=O)(=O)c2c(C)cccc2N)ccc1F. The number of hydrogen-bond acceptors (Lipinski definition) is 4. The van der Waals surface area contributed by atoms with Gasteiger partial charge in [0.25, 0.3) is 10.0 Å². The van der Waals surface area contributed by atoms with Crippen molar-refractivity contribution in [1.29, 1.82) is 0 Å². The van der Waals surface area contributed by atoms with Crippen molar-refractivity contribution in [3.8, 4) is 5.75 Å². The lowest BCUT2D eigenvalue weighted by atomic mass is 10.2. The molecule has 0 aliphatic heterocycles. The van der Waals surface area contributed by atoms with Crippen molar-refractivity contribution in [2.24, 2.45) is 0 Å². The van der Waals surface area contributed by atoms with Crippen LogP contribution in [0.4, 0.5) is 15.8 Å². The summed E-state index contributed by atoms with van der Waals surface area (Å²) < 4.78 is 45.3. The van der Waals surface area contributed by atoms with E-state index in [1.165, 1.54) is 25.3 Å². The van der Waals surface area contributed by atoms with Crippen molar-refractivity contribution >= 4 is 21.4 Å². The number of ether oxygens (including phenoxy) is 1. The first kappa shape index (κ1) is 15.1. The molecule has 0 atom stereocenters. The number of anilines is 2. The van der Waals surface area contributed by atoms with E-state index >= 15 is 0 Å². The zero-order chi connectivity index (χ0) is 15.6. The van der Waals surface area contributed by atoms with Gasteiger partial charge in [0, 0.05) is 6.07 Å². The van der Waals surface area contributed by atoms with Crippen molar-refractivity contribution in [3.63, 3.8) is 0 Å². The summed E-state index contributed by atoms with van der Waals surface area (Å²) in [5.74, 6) is -0.621. The molecule has 2 aromatic rings. The van der Waals surface area contributed by atoms with Crippen LogP contribution in [-0.2, 0) is 10.0 Å². The Hall–Kier alpha value is -2.28. The first-order valence-corrected chi connectivity index (χ1v) is 7.55. The molecule has 0 bridgehead atoms. The van der Waals surface area contributed by atoms with Crippen LogP contribution in [0.1, 0.15) is 5.56 Å². The van der Waals surface area contributed by atoms with E-state index in [0.29, 0.717) is 5.56 Å². The molecule has 0 saturated carbocycles. The normalized spacial score (nSPS) is 11.2. The molecule has 0 aromatic heterocycles. The van der Waals surface area contributed by atoms with E-state index in [-0.39, 0.29) is 22.0 Å². The minimum Gasteiger partial charge on any atom is -0.494 e. The zero-order valence-corrected chi connectivity index (χ0v) is 12.4. The maximum Gasteiger partial charge on any atom is 0.264 e. The number of methoxy groups -OCH3 is 1. The van der Waals surface area contributed by atoms with Gasteiger partial charge in [0.2, 0.25) is 0 Å². The van der Waals surface area contributed by atoms with E-state index in [1.807, 2.05) is 0 Å². The minimum absolute atomic E-state index is 0.00768. The second-order valence-corrected chi connectivity index (χ2v) is 6.07. The fraction of sp³-hybridized carbons (Fsp3) is 0.143. The number of hydrogen-bond donors (Lipinski definition) is 2. The Morgan fingerprint density at radius 1 is 1.24 bits per heavy atom. The lowest BCUT2D eigenvalue weighted by Crippen LogP contribution is -2.16. The molecule has 0 radical (unpaired) electrons. The molecule has 0 fully saturated rings. The third kappa shape index (κ3) is 3.08. The smallest absolute Gasteiger partial charge is 0.264 e. The molecule has 7 heteroatoms. The molecule has 0 unspecified atom stereocenters. The molecule has 0 aliphatic carbocycles. The number of nitrogens with one attached hydrogen (secondary N) is 1. The van der Waals surface area contributed by atoms with E-state index in [2.05, 4.69) is 4.72 Å². The lowest BCUT2D eigenvalue weighted by molar-refractivity contribution is 0.387. The van der Waals surface area contributed by atoms with Gasteiger partial charge in [-0.15, -0.1) is 0 Å². The highest BCUT2D eigenvalue weighted by molar-refractivity contribution is 7.93. The minimum atomic E-state index is -3.87. The zero-order valence-electron chi connectivity index (χ0n) is 11.6. The van der Waals surface area contributed by atoms with Crippen molar-refractivity contribution in [1.82, 2.24) is 0 Å². The molecule has 2 rings (SSSR count). The van der Waals surface area contributed by atoms with E-state index < -0.39 is 15.8 Å². The molecule has 112 valence electrons. The van der Waals surface area contributed by atoms with Gasteiger partial charge in [-0.25, -0.2) is 12.8 Å². The van der Waals surface area contributed by atoms with Crippen LogP contribution in [0.5, 0.6) is 5.75 Å². The lowest BCUT2D eigenvalue weighted by Gasteiger charge is -2.13. The predicted molar refractivity (Wildman–Crippen MR) is 79.4 cm³/mol. The van der Waals surface area contributed by atoms with Crippen LogP contribution in [-0.4, -0.2) is 15.5 Å². The fourth-order valence-corrected chi connectivity index (χ4v) is 3.38.